The third-order valence-electron chi connectivity index (χ3n) is 3.89. The van der Waals surface area contributed by atoms with Crippen LogP contribution in [0.25, 0.3) is 0 Å². The van der Waals surface area contributed by atoms with Crippen molar-refractivity contribution in [2.24, 2.45) is 0 Å². The highest BCUT2D eigenvalue weighted by Gasteiger charge is 2.16. The van der Waals surface area contributed by atoms with Gasteiger partial charge in [-0.05, 0) is 35.4 Å². The minimum absolute atomic E-state index is 0.0805. The number of alkyl halides is 2. The third kappa shape index (κ3) is 5.82. The summed E-state index contributed by atoms with van der Waals surface area (Å²) < 4.78 is 39.9. The minimum Gasteiger partial charge on any atom is -0.493 e. The number of rotatable bonds is 8. The van der Waals surface area contributed by atoms with Gasteiger partial charge in [-0.25, -0.2) is 0 Å². The van der Waals surface area contributed by atoms with Crippen LogP contribution in [0.5, 0.6) is 17.2 Å². The number of hydrogen-bond acceptors (Lipinski definition) is 4. The highest BCUT2D eigenvalue weighted by molar-refractivity contribution is 9.10. The third-order valence-corrected chi connectivity index (χ3v) is 4.63. The fraction of sp³-hybridized carbons (Fsp3) is 0.316. The average Bonchev–Trinajstić information content (AvgIpc) is 2.64. The van der Waals surface area contributed by atoms with E-state index in [9.17, 15) is 13.6 Å². The van der Waals surface area contributed by atoms with Gasteiger partial charge < -0.3 is 19.1 Å². The van der Waals surface area contributed by atoms with E-state index in [1.54, 1.807) is 43.3 Å². The summed E-state index contributed by atoms with van der Waals surface area (Å²) in [6.45, 7) is -2.52. The molecule has 0 atom stereocenters. The Bertz CT molecular complexity index is 784. The van der Waals surface area contributed by atoms with Crippen molar-refractivity contribution in [2.45, 2.75) is 19.6 Å². The van der Waals surface area contributed by atoms with Gasteiger partial charge >= 0.3 is 6.61 Å². The highest BCUT2D eigenvalue weighted by Crippen LogP contribution is 2.33. The smallest absolute Gasteiger partial charge is 0.387 e. The summed E-state index contributed by atoms with van der Waals surface area (Å²) in [5.74, 6) is 1.09. The van der Waals surface area contributed by atoms with E-state index in [1.807, 2.05) is 0 Å². The molecule has 146 valence electrons. The SMILES string of the molecule is COc1cc(Br)c(CC(=O)N(C)Cc2ccc(OC(F)F)cc2)cc1OC. The second-order valence-corrected chi connectivity index (χ2v) is 6.60. The van der Waals surface area contributed by atoms with E-state index in [-0.39, 0.29) is 18.1 Å². The molecule has 5 nitrogen and oxygen atoms in total. The number of carbonyl (C=O) groups is 1. The van der Waals surface area contributed by atoms with Gasteiger partial charge in [-0.15, -0.1) is 0 Å². The van der Waals surface area contributed by atoms with Gasteiger partial charge in [0.05, 0.1) is 20.6 Å². The van der Waals surface area contributed by atoms with E-state index in [0.717, 1.165) is 15.6 Å². The Kier molecular flexibility index (Phi) is 7.41. The number of ether oxygens (including phenoxy) is 3. The lowest BCUT2D eigenvalue weighted by Gasteiger charge is -2.19. The van der Waals surface area contributed by atoms with Gasteiger partial charge in [0.1, 0.15) is 5.75 Å². The summed E-state index contributed by atoms with van der Waals surface area (Å²) in [6, 6.07) is 9.70. The first-order valence-corrected chi connectivity index (χ1v) is 8.81. The molecule has 0 aliphatic rings. The molecule has 2 rings (SSSR count). The highest BCUT2D eigenvalue weighted by atomic mass is 79.9. The topological polar surface area (TPSA) is 48.0 Å². The monoisotopic (exact) mass is 443 g/mol. The zero-order valence-electron chi connectivity index (χ0n) is 15.2. The molecule has 0 saturated carbocycles. The van der Waals surface area contributed by atoms with Crippen molar-refractivity contribution in [1.82, 2.24) is 4.90 Å². The molecule has 2 aromatic carbocycles. The Labute approximate surface area is 165 Å². The molecule has 0 aromatic heterocycles. The fourth-order valence-electron chi connectivity index (χ4n) is 2.47. The zero-order chi connectivity index (χ0) is 20.0. The Morgan fingerprint density at radius 3 is 2.26 bits per heavy atom. The van der Waals surface area contributed by atoms with Crippen LogP contribution in [0.2, 0.25) is 0 Å². The van der Waals surface area contributed by atoms with Gasteiger partial charge in [-0.2, -0.15) is 8.78 Å². The normalized spacial score (nSPS) is 10.6. The van der Waals surface area contributed by atoms with Crippen molar-refractivity contribution in [1.29, 1.82) is 0 Å². The number of methoxy groups -OCH3 is 2. The van der Waals surface area contributed by atoms with Crippen LogP contribution in [0.15, 0.2) is 40.9 Å². The molecule has 0 fully saturated rings. The van der Waals surface area contributed by atoms with Crippen LogP contribution in [0.4, 0.5) is 8.78 Å². The molecule has 0 aliphatic carbocycles. The summed E-state index contributed by atoms with van der Waals surface area (Å²) >= 11 is 3.44. The number of amides is 1. The lowest BCUT2D eigenvalue weighted by Crippen LogP contribution is -2.27. The van der Waals surface area contributed by atoms with Crippen LogP contribution in [0.1, 0.15) is 11.1 Å². The number of hydrogen-bond donors (Lipinski definition) is 0. The second kappa shape index (κ2) is 9.55. The molecule has 1 amide bonds. The number of halogens is 3. The van der Waals surface area contributed by atoms with Crippen LogP contribution < -0.4 is 14.2 Å². The summed E-state index contributed by atoms with van der Waals surface area (Å²) in [5.41, 5.74) is 1.57. The standard InChI is InChI=1S/C19H20BrF2NO4/c1-23(11-12-4-6-14(7-5-12)27-19(21)22)18(24)9-13-8-16(25-2)17(26-3)10-15(13)20/h4-8,10,19H,9,11H2,1-3H3. The van der Waals surface area contributed by atoms with Crippen molar-refractivity contribution in [3.63, 3.8) is 0 Å². The van der Waals surface area contributed by atoms with Crippen molar-refractivity contribution in [3.05, 3.63) is 52.0 Å². The maximum atomic E-state index is 12.5. The summed E-state index contributed by atoms with van der Waals surface area (Å²) in [7, 11) is 4.76. The molecule has 0 bridgehead atoms. The second-order valence-electron chi connectivity index (χ2n) is 5.75. The first-order valence-electron chi connectivity index (χ1n) is 8.02. The molecule has 0 heterocycles. The Morgan fingerprint density at radius 2 is 1.70 bits per heavy atom. The molecule has 0 spiro atoms. The molecular weight excluding hydrogens is 424 g/mol. The number of nitrogens with zero attached hydrogens (tertiary/aromatic N) is 1. The van der Waals surface area contributed by atoms with Gasteiger partial charge in [0.2, 0.25) is 5.91 Å². The first kappa shape index (κ1) is 21.0. The lowest BCUT2D eigenvalue weighted by atomic mass is 10.1. The number of benzene rings is 2. The van der Waals surface area contributed by atoms with E-state index in [0.29, 0.717) is 18.0 Å². The Morgan fingerprint density at radius 1 is 1.11 bits per heavy atom. The van der Waals surface area contributed by atoms with Crippen LogP contribution in [0, 0.1) is 0 Å². The first-order chi connectivity index (χ1) is 12.8. The number of carbonyl (C=O) groups excluding carboxylic acids is 1. The predicted octanol–water partition coefficient (Wildman–Crippen LogP) is 4.27. The molecule has 0 radical (unpaired) electrons. The van der Waals surface area contributed by atoms with Gasteiger partial charge in [0, 0.05) is 18.1 Å². The van der Waals surface area contributed by atoms with E-state index >= 15 is 0 Å². The fourth-order valence-corrected chi connectivity index (χ4v) is 2.93. The molecule has 27 heavy (non-hydrogen) atoms. The van der Waals surface area contributed by atoms with Crippen molar-refractivity contribution >= 4 is 21.8 Å². The predicted molar refractivity (Wildman–Crippen MR) is 100 cm³/mol. The lowest BCUT2D eigenvalue weighted by molar-refractivity contribution is -0.129. The minimum atomic E-state index is -2.86. The average molecular weight is 444 g/mol. The molecule has 2 aromatic rings. The molecule has 0 unspecified atom stereocenters. The molecular formula is C19H20BrF2NO4. The van der Waals surface area contributed by atoms with E-state index in [4.69, 9.17) is 9.47 Å². The maximum Gasteiger partial charge on any atom is 0.387 e. The maximum absolute atomic E-state index is 12.5. The summed E-state index contributed by atoms with van der Waals surface area (Å²) in [4.78, 5) is 14.1. The van der Waals surface area contributed by atoms with E-state index in [1.165, 1.54) is 19.2 Å². The Hall–Kier alpha value is -2.35. The largest absolute Gasteiger partial charge is 0.493 e. The van der Waals surface area contributed by atoms with E-state index in [2.05, 4.69) is 20.7 Å². The van der Waals surface area contributed by atoms with Crippen molar-refractivity contribution in [3.8, 4) is 17.2 Å². The summed E-state index contributed by atoms with van der Waals surface area (Å²) in [5, 5.41) is 0. The number of likely N-dealkylation sites (N-methyl/N-ethyl adjacent to an activating group) is 1. The molecule has 8 heteroatoms. The van der Waals surface area contributed by atoms with Gasteiger partial charge in [0.25, 0.3) is 0 Å². The van der Waals surface area contributed by atoms with Crippen LogP contribution in [0.3, 0.4) is 0 Å². The molecule has 0 aliphatic heterocycles. The van der Waals surface area contributed by atoms with Crippen LogP contribution in [-0.4, -0.2) is 38.7 Å². The van der Waals surface area contributed by atoms with Gasteiger partial charge in [0.15, 0.2) is 11.5 Å². The summed E-state index contributed by atoms with van der Waals surface area (Å²) in [6.07, 6.45) is 0.171. The molecule has 0 N–H and O–H groups in total. The quantitative estimate of drug-likeness (QED) is 0.611. The van der Waals surface area contributed by atoms with Crippen molar-refractivity contribution in [2.75, 3.05) is 21.3 Å². The van der Waals surface area contributed by atoms with Gasteiger partial charge in [-0.3, -0.25) is 4.79 Å². The van der Waals surface area contributed by atoms with Crippen LogP contribution >= 0.6 is 15.9 Å². The molecule has 0 saturated heterocycles. The Balaban J connectivity index is 2.03. The van der Waals surface area contributed by atoms with Crippen LogP contribution in [-0.2, 0) is 17.8 Å². The van der Waals surface area contributed by atoms with Gasteiger partial charge in [-0.1, -0.05) is 28.1 Å². The van der Waals surface area contributed by atoms with Crippen molar-refractivity contribution < 1.29 is 27.8 Å². The zero-order valence-corrected chi connectivity index (χ0v) is 16.8. The van der Waals surface area contributed by atoms with E-state index < -0.39 is 6.61 Å².